The van der Waals surface area contributed by atoms with Gasteiger partial charge in [0.2, 0.25) is 0 Å². The predicted molar refractivity (Wildman–Crippen MR) is 78.7 cm³/mol. The fraction of sp³-hybridized carbons (Fsp3) is 0.462. The number of carboxylic acid groups (broad SMARTS) is 1. The monoisotopic (exact) mass is 295 g/mol. The number of carboxylic acids is 1. The van der Waals surface area contributed by atoms with Gasteiger partial charge in [-0.2, -0.15) is 0 Å². The summed E-state index contributed by atoms with van der Waals surface area (Å²) in [5.74, 6) is -0.263. The van der Waals surface area contributed by atoms with Crippen molar-refractivity contribution in [1.82, 2.24) is 9.97 Å². The number of aryl methyl sites for hydroxylation is 1. The number of carbonyl (C=O) groups is 1. The Morgan fingerprint density at radius 3 is 2.90 bits per heavy atom. The molecule has 2 aromatic rings. The number of nitrogens with one attached hydrogen (secondary N) is 1. The number of aromatic carboxylic acids is 1. The molecule has 0 saturated carbocycles. The highest BCUT2D eigenvalue weighted by molar-refractivity contribution is 7.20. The normalized spacial score (nSPS) is 12.6. The van der Waals surface area contributed by atoms with Crippen LogP contribution in [0.5, 0.6) is 0 Å². The van der Waals surface area contributed by atoms with Crippen molar-refractivity contribution in [2.75, 3.05) is 19.0 Å². The van der Waals surface area contributed by atoms with Gasteiger partial charge in [0.15, 0.2) is 0 Å². The fourth-order valence-electron chi connectivity index (χ4n) is 2.04. The second-order valence-corrected chi connectivity index (χ2v) is 5.47. The zero-order chi connectivity index (χ0) is 14.7. The Hall–Kier alpha value is -1.73. The Kier molecular flexibility index (Phi) is 4.51. The maximum Gasteiger partial charge on any atom is 0.346 e. The number of anilines is 1. The van der Waals surface area contributed by atoms with Crippen LogP contribution in [0.25, 0.3) is 10.2 Å². The molecular weight excluding hydrogens is 278 g/mol. The second kappa shape index (κ2) is 6.15. The van der Waals surface area contributed by atoms with Crippen LogP contribution in [0, 0.1) is 6.92 Å². The molecule has 2 heterocycles. The van der Waals surface area contributed by atoms with Gasteiger partial charge in [0.05, 0.1) is 18.0 Å². The summed E-state index contributed by atoms with van der Waals surface area (Å²) >= 11 is 1.17. The van der Waals surface area contributed by atoms with Crippen LogP contribution >= 0.6 is 11.3 Å². The second-order valence-electron chi connectivity index (χ2n) is 4.47. The lowest BCUT2D eigenvalue weighted by Crippen LogP contribution is -2.24. The van der Waals surface area contributed by atoms with Crippen LogP contribution in [0.2, 0.25) is 0 Å². The van der Waals surface area contributed by atoms with E-state index in [1.54, 1.807) is 14.0 Å². The molecule has 0 radical (unpaired) electrons. The highest BCUT2D eigenvalue weighted by atomic mass is 32.1. The van der Waals surface area contributed by atoms with Crippen molar-refractivity contribution in [2.45, 2.75) is 26.3 Å². The van der Waals surface area contributed by atoms with E-state index < -0.39 is 5.97 Å². The van der Waals surface area contributed by atoms with E-state index in [-0.39, 0.29) is 6.04 Å². The van der Waals surface area contributed by atoms with E-state index in [0.717, 1.165) is 11.8 Å². The lowest BCUT2D eigenvalue weighted by atomic mass is 10.2. The van der Waals surface area contributed by atoms with Crippen molar-refractivity contribution in [3.05, 3.63) is 16.8 Å². The SMILES string of the molecule is CC[C@H](COC)Nc1ncnc2sc(C(=O)O)c(C)c12. The van der Waals surface area contributed by atoms with Crippen LogP contribution in [-0.2, 0) is 4.74 Å². The van der Waals surface area contributed by atoms with Crippen LogP contribution in [0.15, 0.2) is 6.33 Å². The molecule has 2 aromatic heterocycles. The molecule has 2 N–H and O–H groups in total. The summed E-state index contributed by atoms with van der Waals surface area (Å²) in [5, 5.41) is 13.3. The third-order valence-corrected chi connectivity index (χ3v) is 4.31. The lowest BCUT2D eigenvalue weighted by Gasteiger charge is -2.17. The van der Waals surface area contributed by atoms with Crippen molar-refractivity contribution in [3.63, 3.8) is 0 Å². The summed E-state index contributed by atoms with van der Waals surface area (Å²) < 4.78 is 5.16. The summed E-state index contributed by atoms with van der Waals surface area (Å²) in [7, 11) is 1.65. The summed E-state index contributed by atoms with van der Waals surface area (Å²) in [6.45, 7) is 4.41. The molecule has 0 aliphatic rings. The summed E-state index contributed by atoms with van der Waals surface area (Å²) in [4.78, 5) is 20.6. The molecule has 1 atom stereocenters. The van der Waals surface area contributed by atoms with Crippen LogP contribution in [-0.4, -0.2) is 40.8 Å². The molecule has 0 fully saturated rings. The van der Waals surface area contributed by atoms with Gasteiger partial charge >= 0.3 is 5.97 Å². The topological polar surface area (TPSA) is 84.3 Å². The number of nitrogens with zero attached hydrogens (tertiary/aromatic N) is 2. The third-order valence-electron chi connectivity index (χ3n) is 3.12. The zero-order valence-corrected chi connectivity index (χ0v) is 12.5. The van der Waals surface area contributed by atoms with E-state index in [2.05, 4.69) is 22.2 Å². The maximum atomic E-state index is 11.2. The average molecular weight is 295 g/mol. The largest absolute Gasteiger partial charge is 0.477 e. The lowest BCUT2D eigenvalue weighted by molar-refractivity contribution is 0.0701. The van der Waals surface area contributed by atoms with Gasteiger partial charge in [-0.15, -0.1) is 11.3 Å². The number of ether oxygens (including phenoxy) is 1. The molecule has 20 heavy (non-hydrogen) atoms. The molecule has 0 saturated heterocycles. The Balaban J connectivity index is 2.45. The highest BCUT2D eigenvalue weighted by Crippen LogP contribution is 2.33. The van der Waals surface area contributed by atoms with Crippen LogP contribution in [0.1, 0.15) is 28.6 Å². The van der Waals surface area contributed by atoms with E-state index in [4.69, 9.17) is 4.74 Å². The first kappa shape index (κ1) is 14.7. The Bertz CT molecular complexity index is 627. The van der Waals surface area contributed by atoms with E-state index in [1.807, 2.05) is 0 Å². The maximum absolute atomic E-state index is 11.2. The fourth-order valence-corrected chi connectivity index (χ4v) is 3.03. The van der Waals surface area contributed by atoms with Crippen molar-refractivity contribution >= 4 is 33.3 Å². The number of thiophene rings is 1. The Morgan fingerprint density at radius 1 is 1.55 bits per heavy atom. The first-order chi connectivity index (χ1) is 9.58. The predicted octanol–water partition coefficient (Wildman–Crippen LogP) is 2.53. The molecule has 0 aliphatic heterocycles. The van der Waals surface area contributed by atoms with Gasteiger partial charge < -0.3 is 15.2 Å². The smallest absolute Gasteiger partial charge is 0.346 e. The molecular formula is C13H17N3O3S. The molecule has 0 amide bonds. The Labute approximate surface area is 120 Å². The van der Waals surface area contributed by atoms with Gasteiger partial charge in [-0.05, 0) is 18.9 Å². The standard InChI is InChI=1S/C13H17N3O3S/c1-4-8(5-19-3)16-11-9-7(2)10(13(17)18)20-12(9)15-6-14-11/h6,8H,4-5H2,1-3H3,(H,17,18)(H,14,15,16)/t8-/m1/s1. The van der Waals surface area contributed by atoms with E-state index in [9.17, 15) is 9.90 Å². The zero-order valence-electron chi connectivity index (χ0n) is 11.6. The van der Waals surface area contributed by atoms with E-state index in [1.165, 1.54) is 17.7 Å². The molecule has 108 valence electrons. The number of rotatable bonds is 6. The Morgan fingerprint density at radius 2 is 2.30 bits per heavy atom. The van der Waals surface area contributed by atoms with Gasteiger partial charge in [-0.3, -0.25) is 0 Å². The molecule has 6 nitrogen and oxygen atoms in total. The summed E-state index contributed by atoms with van der Waals surface area (Å²) in [5.41, 5.74) is 0.702. The molecule has 2 rings (SSSR count). The van der Waals surface area contributed by atoms with Gasteiger partial charge in [-0.25, -0.2) is 14.8 Å². The third kappa shape index (κ3) is 2.73. The number of methoxy groups -OCH3 is 1. The quantitative estimate of drug-likeness (QED) is 0.852. The average Bonchev–Trinajstić information content (AvgIpc) is 2.77. The first-order valence-electron chi connectivity index (χ1n) is 6.31. The van der Waals surface area contributed by atoms with Gasteiger partial charge in [0, 0.05) is 7.11 Å². The number of aromatic nitrogens is 2. The molecule has 0 aliphatic carbocycles. The molecule has 0 bridgehead atoms. The summed E-state index contributed by atoms with van der Waals surface area (Å²) in [6.07, 6.45) is 2.33. The number of hydrogen-bond donors (Lipinski definition) is 2. The number of fused-ring (bicyclic) bond motifs is 1. The van der Waals surface area contributed by atoms with Gasteiger partial charge in [0.25, 0.3) is 0 Å². The van der Waals surface area contributed by atoms with Gasteiger partial charge in [-0.1, -0.05) is 6.92 Å². The van der Waals surface area contributed by atoms with E-state index >= 15 is 0 Å². The van der Waals surface area contributed by atoms with Crippen LogP contribution < -0.4 is 5.32 Å². The molecule has 0 unspecified atom stereocenters. The van der Waals surface area contributed by atoms with E-state index in [0.29, 0.717) is 27.7 Å². The minimum Gasteiger partial charge on any atom is -0.477 e. The first-order valence-corrected chi connectivity index (χ1v) is 7.13. The van der Waals surface area contributed by atoms with Crippen molar-refractivity contribution in [3.8, 4) is 0 Å². The minimum atomic E-state index is -0.930. The van der Waals surface area contributed by atoms with Gasteiger partial charge in [0.1, 0.15) is 21.9 Å². The highest BCUT2D eigenvalue weighted by Gasteiger charge is 2.19. The number of hydrogen-bond acceptors (Lipinski definition) is 6. The minimum absolute atomic E-state index is 0.130. The van der Waals surface area contributed by atoms with Crippen molar-refractivity contribution in [1.29, 1.82) is 0 Å². The van der Waals surface area contributed by atoms with Crippen molar-refractivity contribution < 1.29 is 14.6 Å². The van der Waals surface area contributed by atoms with Crippen molar-refractivity contribution in [2.24, 2.45) is 0 Å². The van der Waals surface area contributed by atoms with Crippen LogP contribution in [0.3, 0.4) is 0 Å². The molecule has 0 aromatic carbocycles. The summed E-state index contributed by atoms with van der Waals surface area (Å²) in [6, 6.07) is 0.130. The van der Waals surface area contributed by atoms with Crippen LogP contribution in [0.4, 0.5) is 5.82 Å². The molecule has 0 spiro atoms. The molecule has 7 heteroatoms.